The molecule has 108 valence electrons. The second-order valence-corrected chi connectivity index (χ2v) is 4.60. The molecule has 1 unspecified atom stereocenters. The summed E-state index contributed by atoms with van der Waals surface area (Å²) < 4.78 is 29.3. The molecule has 4 nitrogen and oxygen atoms in total. The highest BCUT2D eigenvalue weighted by Crippen LogP contribution is 2.15. The zero-order chi connectivity index (χ0) is 14.5. The predicted molar refractivity (Wildman–Crippen MR) is 72.8 cm³/mol. The summed E-state index contributed by atoms with van der Waals surface area (Å²) in [5.74, 6) is 5.23. The Morgan fingerprint density at radius 1 is 1.30 bits per heavy atom. The maximum atomic E-state index is 13.6. The molecule has 0 aliphatic rings. The van der Waals surface area contributed by atoms with E-state index in [-0.39, 0.29) is 18.0 Å². The van der Waals surface area contributed by atoms with Gasteiger partial charge in [0.15, 0.2) is 0 Å². The van der Waals surface area contributed by atoms with Gasteiger partial charge in [0.25, 0.3) is 0 Å². The van der Waals surface area contributed by atoms with E-state index in [4.69, 9.17) is 5.84 Å². The highest BCUT2D eigenvalue weighted by Gasteiger charge is 2.17. The van der Waals surface area contributed by atoms with Crippen molar-refractivity contribution in [2.24, 2.45) is 5.84 Å². The third kappa shape index (κ3) is 3.20. The van der Waals surface area contributed by atoms with E-state index in [1.54, 1.807) is 6.20 Å². The normalized spacial score (nSPS) is 12.6. The monoisotopic (exact) mass is 280 g/mol. The number of aryl methyl sites for hydroxylation is 1. The quantitative estimate of drug-likeness (QED) is 0.626. The minimum Gasteiger partial charge on any atom is -0.335 e. The van der Waals surface area contributed by atoms with Gasteiger partial charge in [-0.15, -0.1) is 0 Å². The lowest BCUT2D eigenvalue weighted by molar-refractivity contribution is 0.471. The van der Waals surface area contributed by atoms with Crippen LogP contribution in [0.3, 0.4) is 0 Å². The number of imidazole rings is 1. The first-order chi connectivity index (χ1) is 9.65. The number of hydrogen-bond donors (Lipinski definition) is 2. The highest BCUT2D eigenvalue weighted by molar-refractivity contribution is 5.21. The summed E-state index contributed by atoms with van der Waals surface area (Å²) in [7, 11) is 0. The molecular weight excluding hydrogens is 262 g/mol. The summed E-state index contributed by atoms with van der Waals surface area (Å²) in [5.41, 5.74) is 2.65. The summed E-state index contributed by atoms with van der Waals surface area (Å²) in [6, 6.07) is 3.56. The van der Waals surface area contributed by atoms with Gasteiger partial charge in [-0.2, -0.15) is 0 Å². The Hall–Kier alpha value is -1.79. The molecule has 0 amide bonds. The van der Waals surface area contributed by atoms with Crippen LogP contribution in [0.5, 0.6) is 0 Å². The number of benzene rings is 1. The molecule has 0 aliphatic carbocycles. The van der Waals surface area contributed by atoms with Crippen molar-refractivity contribution in [3.05, 3.63) is 53.6 Å². The van der Waals surface area contributed by atoms with Gasteiger partial charge in [-0.3, -0.25) is 11.3 Å². The largest absolute Gasteiger partial charge is 0.335 e. The van der Waals surface area contributed by atoms with Crippen molar-refractivity contribution >= 4 is 0 Å². The van der Waals surface area contributed by atoms with E-state index in [2.05, 4.69) is 10.4 Å². The Morgan fingerprint density at radius 3 is 2.60 bits per heavy atom. The van der Waals surface area contributed by atoms with Crippen molar-refractivity contribution in [2.45, 2.75) is 32.4 Å². The second-order valence-electron chi connectivity index (χ2n) is 4.60. The van der Waals surface area contributed by atoms with Crippen molar-refractivity contribution in [3.8, 4) is 0 Å². The maximum absolute atomic E-state index is 13.6. The topological polar surface area (TPSA) is 55.9 Å². The van der Waals surface area contributed by atoms with Gasteiger partial charge in [0, 0.05) is 37.0 Å². The third-order valence-electron chi connectivity index (χ3n) is 3.32. The molecule has 3 N–H and O–H groups in total. The third-order valence-corrected chi connectivity index (χ3v) is 3.32. The SMILES string of the molecule is CCn1ccnc1CC(Cc1c(F)cccc1F)NN. The average molecular weight is 280 g/mol. The average Bonchev–Trinajstić information content (AvgIpc) is 2.88. The van der Waals surface area contributed by atoms with Crippen LogP contribution in [0, 0.1) is 11.6 Å². The van der Waals surface area contributed by atoms with Crippen molar-refractivity contribution in [3.63, 3.8) is 0 Å². The van der Waals surface area contributed by atoms with E-state index >= 15 is 0 Å². The molecule has 0 aliphatic heterocycles. The Labute approximate surface area is 116 Å². The van der Waals surface area contributed by atoms with E-state index in [9.17, 15) is 8.78 Å². The fourth-order valence-electron chi connectivity index (χ4n) is 2.20. The van der Waals surface area contributed by atoms with Crippen LogP contribution in [0.4, 0.5) is 8.78 Å². The molecule has 1 aromatic carbocycles. The highest BCUT2D eigenvalue weighted by atomic mass is 19.1. The minimum absolute atomic E-state index is 0.0463. The molecule has 0 saturated carbocycles. The molecule has 0 spiro atoms. The minimum atomic E-state index is -0.552. The number of nitrogens with one attached hydrogen (secondary N) is 1. The van der Waals surface area contributed by atoms with Gasteiger partial charge in [-0.05, 0) is 25.5 Å². The lowest BCUT2D eigenvalue weighted by atomic mass is 10.0. The zero-order valence-electron chi connectivity index (χ0n) is 11.3. The number of hydrazine groups is 1. The number of nitrogens with zero attached hydrogens (tertiary/aromatic N) is 2. The second kappa shape index (κ2) is 6.58. The molecule has 2 rings (SSSR count). The van der Waals surface area contributed by atoms with Crippen LogP contribution in [0.2, 0.25) is 0 Å². The Kier molecular flexibility index (Phi) is 4.81. The molecule has 1 aromatic heterocycles. The summed E-state index contributed by atoms with van der Waals surface area (Å²) in [5, 5.41) is 0. The van der Waals surface area contributed by atoms with E-state index in [1.165, 1.54) is 18.2 Å². The fourth-order valence-corrected chi connectivity index (χ4v) is 2.20. The van der Waals surface area contributed by atoms with Crippen LogP contribution in [-0.2, 0) is 19.4 Å². The van der Waals surface area contributed by atoms with Gasteiger partial charge in [0.1, 0.15) is 17.5 Å². The van der Waals surface area contributed by atoms with Crippen LogP contribution in [0.15, 0.2) is 30.6 Å². The summed E-state index contributed by atoms with van der Waals surface area (Å²) in [6.07, 6.45) is 4.25. The molecule has 20 heavy (non-hydrogen) atoms. The smallest absolute Gasteiger partial charge is 0.129 e. The standard InChI is InChI=1S/C14H18F2N4/c1-2-20-7-6-18-14(20)9-10(19-17)8-11-12(15)4-3-5-13(11)16/h3-7,10,19H,2,8-9,17H2,1H3. The zero-order valence-corrected chi connectivity index (χ0v) is 11.3. The van der Waals surface area contributed by atoms with E-state index in [0.29, 0.717) is 6.42 Å². The number of hydrogen-bond acceptors (Lipinski definition) is 3. The van der Waals surface area contributed by atoms with Crippen molar-refractivity contribution in [1.82, 2.24) is 15.0 Å². The van der Waals surface area contributed by atoms with Gasteiger partial charge >= 0.3 is 0 Å². The van der Waals surface area contributed by atoms with Crippen molar-refractivity contribution < 1.29 is 8.78 Å². The van der Waals surface area contributed by atoms with Crippen LogP contribution in [-0.4, -0.2) is 15.6 Å². The first kappa shape index (κ1) is 14.6. The Balaban J connectivity index is 2.13. The van der Waals surface area contributed by atoms with Gasteiger partial charge in [-0.25, -0.2) is 13.8 Å². The molecule has 0 bridgehead atoms. The molecule has 2 aromatic rings. The van der Waals surface area contributed by atoms with Gasteiger partial charge in [-0.1, -0.05) is 6.07 Å². The lowest BCUT2D eigenvalue weighted by Crippen LogP contribution is -2.39. The summed E-state index contributed by atoms with van der Waals surface area (Å²) in [6.45, 7) is 2.80. The number of halogens is 2. The van der Waals surface area contributed by atoms with E-state index < -0.39 is 11.6 Å². The first-order valence-electron chi connectivity index (χ1n) is 6.54. The van der Waals surface area contributed by atoms with Gasteiger partial charge < -0.3 is 4.57 Å². The van der Waals surface area contributed by atoms with Crippen LogP contribution in [0.25, 0.3) is 0 Å². The van der Waals surface area contributed by atoms with E-state index in [0.717, 1.165) is 12.4 Å². The number of nitrogens with two attached hydrogens (primary N) is 1. The number of rotatable bonds is 6. The molecule has 6 heteroatoms. The van der Waals surface area contributed by atoms with Crippen LogP contribution >= 0.6 is 0 Å². The van der Waals surface area contributed by atoms with Crippen LogP contribution < -0.4 is 11.3 Å². The summed E-state index contributed by atoms with van der Waals surface area (Å²) in [4.78, 5) is 4.24. The lowest BCUT2D eigenvalue weighted by Gasteiger charge is -2.17. The van der Waals surface area contributed by atoms with Crippen molar-refractivity contribution in [2.75, 3.05) is 0 Å². The molecular formula is C14H18F2N4. The van der Waals surface area contributed by atoms with Gasteiger partial charge in [0.05, 0.1) is 0 Å². The Morgan fingerprint density at radius 2 is 2.00 bits per heavy atom. The molecule has 1 atom stereocenters. The van der Waals surface area contributed by atoms with E-state index in [1.807, 2.05) is 17.7 Å². The first-order valence-corrected chi connectivity index (χ1v) is 6.54. The molecule has 0 saturated heterocycles. The number of aromatic nitrogens is 2. The molecule has 0 fully saturated rings. The fraction of sp³-hybridized carbons (Fsp3) is 0.357. The summed E-state index contributed by atoms with van der Waals surface area (Å²) >= 11 is 0. The van der Waals surface area contributed by atoms with Crippen LogP contribution in [0.1, 0.15) is 18.3 Å². The molecule has 1 heterocycles. The van der Waals surface area contributed by atoms with Crippen molar-refractivity contribution in [1.29, 1.82) is 0 Å². The maximum Gasteiger partial charge on any atom is 0.129 e. The van der Waals surface area contributed by atoms with Gasteiger partial charge in [0.2, 0.25) is 0 Å². The predicted octanol–water partition coefficient (Wildman–Crippen LogP) is 1.80. The Bertz CT molecular complexity index is 548. The molecule has 0 radical (unpaired) electrons.